The van der Waals surface area contributed by atoms with Crippen molar-refractivity contribution in [2.24, 2.45) is 0 Å². The van der Waals surface area contributed by atoms with Crippen LogP contribution >= 0.6 is 0 Å². The van der Waals surface area contributed by atoms with Crippen molar-refractivity contribution < 1.29 is 27.1 Å². The van der Waals surface area contributed by atoms with Gasteiger partial charge in [-0.05, 0) is 30.7 Å². The summed E-state index contributed by atoms with van der Waals surface area (Å²) < 4.78 is 33.0. The molecule has 0 fully saturated rings. The summed E-state index contributed by atoms with van der Waals surface area (Å²) in [7, 11) is -4.00. The number of hydrogen-bond donors (Lipinski definition) is 1. The zero-order chi connectivity index (χ0) is 22.1. The fourth-order valence-electron chi connectivity index (χ4n) is 3.67. The molecule has 0 radical (unpaired) electrons. The van der Waals surface area contributed by atoms with Crippen LogP contribution in [0.5, 0.6) is 0 Å². The molecule has 2 aromatic rings. The highest BCUT2D eigenvalue weighted by atomic mass is 32.2. The van der Waals surface area contributed by atoms with Crippen LogP contribution in [-0.2, 0) is 16.7 Å². The molecule has 1 aliphatic rings. The van der Waals surface area contributed by atoms with Crippen LogP contribution in [-0.4, -0.2) is 52.3 Å². The molecule has 7 nitrogen and oxygen atoms in total. The molecule has 0 unspecified atom stereocenters. The van der Waals surface area contributed by atoms with Gasteiger partial charge in [-0.3, -0.25) is 19.0 Å². The van der Waals surface area contributed by atoms with Crippen molar-refractivity contribution in [3.8, 4) is 0 Å². The Bertz CT molecular complexity index is 1110. The Balaban J connectivity index is 1.79. The highest BCUT2D eigenvalue weighted by Gasteiger charge is 2.35. The zero-order valence-electron chi connectivity index (χ0n) is 17.3. The Labute approximate surface area is 176 Å². The number of carbonyl (C=O) groups excluding carboxylic acids is 2. The highest BCUT2D eigenvalue weighted by molar-refractivity contribution is 7.85. The van der Waals surface area contributed by atoms with Crippen molar-refractivity contribution >= 4 is 33.3 Å². The quantitative estimate of drug-likeness (QED) is 0.316. The lowest BCUT2D eigenvalue weighted by Crippen LogP contribution is -2.29. The molecule has 158 valence electrons. The minimum Gasteiger partial charge on any atom is -0.286 e. The van der Waals surface area contributed by atoms with E-state index in [1.54, 1.807) is 24.3 Å². The number of aryl methyl sites for hydroxylation is 1. The van der Waals surface area contributed by atoms with E-state index in [1.165, 1.54) is 4.90 Å². The summed E-state index contributed by atoms with van der Waals surface area (Å²) in [5, 5.41) is 0. The molecule has 30 heavy (non-hydrogen) atoms. The highest BCUT2D eigenvalue weighted by Crippen LogP contribution is 2.26. The van der Waals surface area contributed by atoms with Crippen LogP contribution in [0.4, 0.5) is 5.69 Å². The Kier molecular flexibility index (Phi) is 6.19. The lowest BCUT2D eigenvalue weighted by atomic mass is 10.1. The van der Waals surface area contributed by atoms with E-state index >= 15 is 0 Å². The number of nitrogens with zero attached hydrogens (tertiary/aromatic N) is 2. The summed E-state index contributed by atoms with van der Waals surface area (Å²) >= 11 is 0. The average molecular weight is 430 g/mol. The van der Waals surface area contributed by atoms with Gasteiger partial charge in [-0.2, -0.15) is 8.42 Å². The number of rotatable bonds is 7. The number of carbonyl (C=O) groups is 2. The summed E-state index contributed by atoms with van der Waals surface area (Å²) in [5.41, 5.74) is 4.53. The Hall–Kier alpha value is -2.84. The monoisotopic (exact) mass is 429 g/mol. The van der Waals surface area contributed by atoms with Crippen LogP contribution in [0.1, 0.15) is 52.1 Å². The van der Waals surface area contributed by atoms with Gasteiger partial charge in [-0.15, -0.1) is 0 Å². The predicted molar refractivity (Wildman–Crippen MR) is 114 cm³/mol. The second-order valence-corrected chi connectivity index (χ2v) is 9.17. The van der Waals surface area contributed by atoms with E-state index in [-0.39, 0.29) is 24.1 Å². The Morgan fingerprint density at radius 3 is 2.13 bits per heavy atom. The van der Waals surface area contributed by atoms with Crippen LogP contribution in [0, 0.1) is 6.92 Å². The van der Waals surface area contributed by atoms with Gasteiger partial charge >= 0.3 is 0 Å². The maximum Gasteiger partial charge on any atom is 0.265 e. The van der Waals surface area contributed by atoms with E-state index in [0.29, 0.717) is 24.1 Å². The van der Waals surface area contributed by atoms with Crippen LogP contribution < -0.4 is 0 Å². The molecule has 2 amide bonds. The van der Waals surface area contributed by atoms with Gasteiger partial charge in [-0.1, -0.05) is 18.2 Å². The molecule has 0 bridgehead atoms. The smallest absolute Gasteiger partial charge is 0.265 e. The van der Waals surface area contributed by atoms with Crippen LogP contribution in [0.25, 0.3) is 0 Å². The molecule has 0 atom stereocenters. The summed E-state index contributed by atoms with van der Waals surface area (Å²) in [6.45, 7) is 6.42. The number of hydrogen-bond acceptors (Lipinski definition) is 4. The number of amides is 2. The Morgan fingerprint density at radius 2 is 1.63 bits per heavy atom. The molecule has 0 aromatic heterocycles. The summed E-state index contributed by atoms with van der Waals surface area (Å²) in [5.74, 6) is -0.878. The first-order valence-electron chi connectivity index (χ1n) is 9.66. The molecule has 0 aliphatic carbocycles. The first-order chi connectivity index (χ1) is 14.1. The standard InChI is InChI=1S/C22H24N2O5S/c1-15(2)23(11-6-12-30(27,28)29)20-10-9-17(13-16(20)3)14-24-21(25)18-7-4-5-8-19(18)22(24)26/h4-5,7-10,13H,6,11-12,14H2,1-3H3/p+1. The predicted octanol–water partition coefficient (Wildman–Crippen LogP) is 3.19. The van der Waals surface area contributed by atoms with E-state index in [0.717, 1.165) is 22.5 Å². The minimum absolute atomic E-state index is 0.186. The van der Waals surface area contributed by atoms with E-state index in [9.17, 15) is 18.0 Å². The molecule has 0 saturated carbocycles. The maximum atomic E-state index is 12.6. The van der Waals surface area contributed by atoms with Gasteiger partial charge in [0.2, 0.25) is 5.69 Å². The topological polar surface area (TPSA) is 94.8 Å². The molecule has 3 rings (SSSR count). The van der Waals surface area contributed by atoms with Gasteiger partial charge in [-0.25, -0.2) is 4.58 Å². The number of fused-ring (bicyclic) bond motifs is 1. The van der Waals surface area contributed by atoms with Gasteiger partial charge in [0.05, 0.1) is 23.4 Å². The molecule has 1 heterocycles. The molecule has 2 aromatic carbocycles. The third-order valence-electron chi connectivity index (χ3n) is 5.09. The van der Waals surface area contributed by atoms with Crippen LogP contribution in [0.2, 0.25) is 0 Å². The lowest BCUT2D eigenvalue weighted by Gasteiger charge is -2.15. The van der Waals surface area contributed by atoms with Crippen molar-refractivity contribution in [1.29, 1.82) is 0 Å². The average Bonchev–Trinajstić information content (AvgIpc) is 2.90. The molecular formula is C22H25N2O5S+. The molecule has 1 N–H and O–H groups in total. The maximum absolute atomic E-state index is 12.6. The largest absolute Gasteiger partial charge is 0.286 e. The van der Waals surface area contributed by atoms with Crippen LogP contribution in [0.3, 0.4) is 0 Å². The fourth-order valence-corrected chi connectivity index (χ4v) is 4.17. The first-order valence-corrected chi connectivity index (χ1v) is 11.3. The summed E-state index contributed by atoms with van der Waals surface area (Å²) in [4.78, 5) is 26.4. The Morgan fingerprint density at radius 1 is 1.03 bits per heavy atom. The summed E-state index contributed by atoms with van der Waals surface area (Å²) in [6.07, 6.45) is 0.292. The lowest BCUT2D eigenvalue weighted by molar-refractivity contribution is -0.442. The van der Waals surface area contributed by atoms with Gasteiger partial charge in [0.25, 0.3) is 21.9 Å². The van der Waals surface area contributed by atoms with Crippen molar-refractivity contribution in [3.63, 3.8) is 0 Å². The second-order valence-electron chi connectivity index (χ2n) is 7.60. The molecular weight excluding hydrogens is 404 g/mol. The van der Waals surface area contributed by atoms with Crippen molar-refractivity contribution in [3.05, 3.63) is 64.7 Å². The van der Waals surface area contributed by atoms with Crippen molar-refractivity contribution in [1.82, 2.24) is 4.90 Å². The van der Waals surface area contributed by atoms with E-state index in [2.05, 4.69) is 0 Å². The van der Waals surface area contributed by atoms with Crippen molar-refractivity contribution in [2.45, 2.75) is 33.7 Å². The first kappa shape index (κ1) is 21.9. The van der Waals surface area contributed by atoms with E-state index in [1.807, 2.05) is 43.5 Å². The van der Waals surface area contributed by atoms with Crippen molar-refractivity contribution in [2.75, 3.05) is 12.3 Å². The molecule has 8 heteroatoms. The normalized spacial score (nSPS) is 13.5. The third-order valence-corrected chi connectivity index (χ3v) is 5.90. The number of imide groups is 1. The third kappa shape index (κ3) is 4.66. The second kappa shape index (κ2) is 8.49. The summed E-state index contributed by atoms with van der Waals surface area (Å²) in [6, 6.07) is 12.5. The van der Waals surface area contributed by atoms with Crippen LogP contribution in [0.15, 0.2) is 42.5 Å². The number of benzene rings is 2. The molecule has 0 saturated heterocycles. The van der Waals surface area contributed by atoms with Gasteiger partial charge in [0, 0.05) is 31.9 Å². The van der Waals surface area contributed by atoms with Gasteiger partial charge in [0.1, 0.15) is 6.54 Å². The molecule has 1 aliphatic heterocycles. The van der Waals surface area contributed by atoms with E-state index in [4.69, 9.17) is 4.55 Å². The fraction of sp³-hybridized carbons (Fsp3) is 0.318. The zero-order valence-corrected chi connectivity index (χ0v) is 18.1. The minimum atomic E-state index is -4.00. The molecule has 0 spiro atoms. The van der Waals surface area contributed by atoms with E-state index < -0.39 is 10.1 Å². The van der Waals surface area contributed by atoms with Gasteiger partial charge < -0.3 is 0 Å². The SMILES string of the molecule is CC(C)=[N+](CCCS(=O)(=O)O)c1ccc(CN2C(=O)c3ccccc3C2=O)cc1C. The van der Waals surface area contributed by atoms with Gasteiger partial charge in [0.15, 0.2) is 5.71 Å².